The van der Waals surface area contributed by atoms with E-state index in [4.69, 9.17) is 14.2 Å². The van der Waals surface area contributed by atoms with Crippen LogP contribution in [0.5, 0.6) is 0 Å². The van der Waals surface area contributed by atoms with Crippen LogP contribution >= 0.6 is 0 Å². The number of ether oxygens (including phenoxy) is 3. The fourth-order valence-electron chi connectivity index (χ4n) is 4.50. The second-order valence-electron chi connectivity index (χ2n) is 7.82. The van der Waals surface area contributed by atoms with E-state index in [2.05, 4.69) is 16.0 Å². The third kappa shape index (κ3) is 4.22. The van der Waals surface area contributed by atoms with Crippen molar-refractivity contribution in [2.45, 2.75) is 37.8 Å². The number of hydrogen-bond acceptors (Lipinski definition) is 5. The summed E-state index contributed by atoms with van der Waals surface area (Å²) in [5.41, 5.74) is 1.37. The minimum absolute atomic E-state index is 0.0875. The van der Waals surface area contributed by atoms with Gasteiger partial charge in [0.1, 0.15) is 0 Å². The molecular formula is C20H30N2O3. The molecule has 1 spiro atoms. The summed E-state index contributed by atoms with van der Waals surface area (Å²) in [6, 6.07) is 4.16. The summed E-state index contributed by atoms with van der Waals surface area (Å²) in [5.74, 6) is 1.34. The summed E-state index contributed by atoms with van der Waals surface area (Å²) in [4.78, 5) is 6.68. The predicted molar refractivity (Wildman–Crippen MR) is 95.3 cm³/mol. The molecule has 0 N–H and O–H groups in total. The van der Waals surface area contributed by atoms with E-state index in [0.717, 1.165) is 71.9 Å². The minimum Gasteiger partial charge on any atom is -0.381 e. The van der Waals surface area contributed by atoms with Gasteiger partial charge in [-0.2, -0.15) is 0 Å². The van der Waals surface area contributed by atoms with Crippen LogP contribution in [0.4, 0.5) is 0 Å². The van der Waals surface area contributed by atoms with E-state index in [1.807, 2.05) is 18.5 Å². The Kier molecular flexibility index (Phi) is 5.66. The first-order valence-corrected chi connectivity index (χ1v) is 9.75. The smallest absolute Gasteiger partial charge is 0.0964 e. The van der Waals surface area contributed by atoms with Crippen molar-refractivity contribution in [3.05, 3.63) is 30.1 Å². The highest BCUT2D eigenvalue weighted by atomic mass is 16.5. The van der Waals surface area contributed by atoms with E-state index in [1.54, 1.807) is 0 Å². The van der Waals surface area contributed by atoms with Crippen LogP contribution in [0.1, 0.15) is 31.2 Å². The average Bonchev–Trinajstić information content (AvgIpc) is 3.04. The zero-order chi connectivity index (χ0) is 17.0. The number of aromatic nitrogens is 1. The SMILES string of the molecule is c1cncc(CN2CC3(C2)OCC[C@@H]3CCOCC2CCOCC2)c1. The number of pyridine rings is 1. The molecule has 1 atom stereocenters. The topological polar surface area (TPSA) is 43.8 Å². The molecule has 1 aromatic rings. The highest BCUT2D eigenvalue weighted by Crippen LogP contribution is 2.42. The summed E-state index contributed by atoms with van der Waals surface area (Å²) >= 11 is 0. The monoisotopic (exact) mass is 346 g/mol. The van der Waals surface area contributed by atoms with Gasteiger partial charge in [0.25, 0.3) is 0 Å². The summed E-state index contributed by atoms with van der Waals surface area (Å²) in [6.45, 7) is 7.56. The van der Waals surface area contributed by atoms with Crippen LogP contribution < -0.4 is 0 Å². The Bertz CT molecular complexity index is 527. The van der Waals surface area contributed by atoms with Gasteiger partial charge >= 0.3 is 0 Å². The van der Waals surface area contributed by atoms with Gasteiger partial charge in [-0.15, -0.1) is 0 Å². The Morgan fingerprint density at radius 2 is 2.08 bits per heavy atom. The Morgan fingerprint density at radius 1 is 1.20 bits per heavy atom. The van der Waals surface area contributed by atoms with E-state index in [-0.39, 0.29) is 5.60 Å². The molecule has 0 radical (unpaired) electrons. The number of rotatable bonds is 7. The molecule has 5 nitrogen and oxygen atoms in total. The molecule has 0 amide bonds. The van der Waals surface area contributed by atoms with Crippen molar-refractivity contribution in [2.75, 3.05) is 46.1 Å². The van der Waals surface area contributed by atoms with E-state index >= 15 is 0 Å². The summed E-state index contributed by atoms with van der Waals surface area (Å²) in [6.07, 6.45) is 8.41. The molecule has 4 heterocycles. The largest absolute Gasteiger partial charge is 0.381 e. The molecule has 0 aliphatic carbocycles. The molecule has 5 heteroatoms. The van der Waals surface area contributed by atoms with Crippen LogP contribution in [0.25, 0.3) is 0 Å². The van der Waals surface area contributed by atoms with Crippen LogP contribution in [0, 0.1) is 11.8 Å². The fourth-order valence-corrected chi connectivity index (χ4v) is 4.50. The molecule has 0 saturated carbocycles. The van der Waals surface area contributed by atoms with E-state index in [1.165, 1.54) is 12.0 Å². The highest BCUT2D eigenvalue weighted by molar-refractivity contribution is 5.12. The first-order chi connectivity index (χ1) is 12.3. The second-order valence-corrected chi connectivity index (χ2v) is 7.82. The standard InChI is InChI=1S/C20H30N2O3/c1-2-18(12-21-7-1)13-22-15-20(16-22)19(6-11-25-20)5-10-24-14-17-3-8-23-9-4-17/h1-2,7,12,17,19H,3-6,8-11,13-16H2/t19-/m0/s1. The van der Waals surface area contributed by atoms with Crippen LogP contribution in [0.2, 0.25) is 0 Å². The maximum absolute atomic E-state index is 6.17. The molecule has 3 fully saturated rings. The van der Waals surface area contributed by atoms with Crippen molar-refractivity contribution in [1.29, 1.82) is 0 Å². The van der Waals surface area contributed by atoms with Gasteiger partial charge in [-0.25, -0.2) is 0 Å². The van der Waals surface area contributed by atoms with E-state index in [9.17, 15) is 0 Å². The van der Waals surface area contributed by atoms with Gasteiger partial charge in [0, 0.05) is 65.1 Å². The molecule has 3 aliphatic rings. The van der Waals surface area contributed by atoms with Gasteiger partial charge in [-0.1, -0.05) is 6.07 Å². The Labute approximate surface area is 150 Å². The molecular weight excluding hydrogens is 316 g/mol. The lowest BCUT2D eigenvalue weighted by Crippen LogP contribution is -2.64. The van der Waals surface area contributed by atoms with Gasteiger partial charge in [0.2, 0.25) is 0 Å². The predicted octanol–water partition coefficient (Wildman–Crippen LogP) is 2.51. The van der Waals surface area contributed by atoms with Gasteiger partial charge in [-0.3, -0.25) is 9.88 Å². The molecule has 4 rings (SSSR count). The molecule has 25 heavy (non-hydrogen) atoms. The molecule has 3 aliphatic heterocycles. The lowest BCUT2D eigenvalue weighted by Gasteiger charge is -2.50. The van der Waals surface area contributed by atoms with Gasteiger partial charge < -0.3 is 14.2 Å². The Morgan fingerprint density at radius 3 is 2.88 bits per heavy atom. The van der Waals surface area contributed by atoms with Crippen molar-refractivity contribution in [3.63, 3.8) is 0 Å². The summed E-state index contributed by atoms with van der Waals surface area (Å²) in [5, 5.41) is 0. The van der Waals surface area contributed by atoms with Gasteiger partial charge in [0.05, 0.1) is 5.60 Å². The lowest BCUT2D eigenvalue weighted by atomic mass is 9.79. The molecule has 0 unspecified atom stereocenters. The quantitative estimate of drug-likeness (QED) is 0.710. The van der Waals surface area contributed by atoms with Crippen molar-refractivity contribution in [1.82, 2.24) is 9.88 Å². The Balaban J connectivity index is 1.18. The highest BCUT2D eigenvalue weighted by Gasteiger charge is 2.52. The van der Waals surface area contributed by atoms with Gasteiger partial charge in [-0.05, 0) is 49.1 Å². The number of hydrogen-bond donors (Lipinski definition) is 0. The van der Waals surface area contributed by atoms with E-state index < -0.39 is 0 Å². The third-order valence-corrected chi connectivity index (χ3v) is 6.02. The molecule has 3 saturated heterocycles. The van der Waals surface area contributed by atoms with Crippen molar-refractivity contribution >= 4 is 0 Å². The zero-order valence-electron chi connectivity index (χ0n) is 15.1. The average molecular weight is 346 g/mol. The third-order valence-electron chi connectivity index (χ3n) is 6.02. The maximum Gasteiger partial charge on any atom is 0.0964 e. The molecule has 0 aromatic carbocycles. The van der Waals surface area contributed by atoms with Gasteiger partial charge in [0.15, 0.2) is 0 Å². The van der Waals surface area contributed by atoms with Crippen LogP contribution in [-0.2, 0) is 20.8 Å². The number of nitrogens with zero attached hydrogens (tertiary/aromatic N) is 2. The molecule has 138 valence electrons. The van der Waals surface area contributed by atoms with Crippen LogP contribution in [0.3, 0.4) is 0 Å². The zero-order valence-corrected chi connectivity index (χ0v) is 15.1. The summed E-state index contributed by atoms with van der Waals surface area (Å²) < 4.78 is 17.6. The fraction of sp³-hybridized carbons (Fsp3) is 0.750. The van der Waals surface area contributed by atoms with E-state index in [0.29, 0.717) is 11.8 Å². The number of likely N-dealkylation sites (tertiary alicyclic amines) is 1. The summed E-state index contributed by atoms with van der Waals surface area (Å²) in [7, 11) is 0. The Hall–Kier alpha value is -1.01. The first-order valence-electron chi connectivity index (χ1n) is 9.75. The van der Waals surface area contributed by atoms with Crippen molar-refractivity contribution < 1.29 is 14.2 Å². The second kappa shape index (κ2) is 8.12. The maximum atomic E-state index is 6.17. The minimum atomic E-state index is 0.0875. The molecule has 0 bridgehead atoms. The lowest BCUT2D eigenvalue weighted by molar-refractivity contribution is -0.139. The molecule has 1 aromatic heterocycles. The van der Waals surface area contributed by atoms with Crippen molar-refractivity contribution in [2.24, 2.45) is 11.8 Å². The van der Waals surface area contributed by atoms with Crippen molar-refractivity contribution in [3.8, 4) is 0 Å². The van der Waals surface area contributed by atoms with Crippen LogP contribution in [0.15, 0.2) is 24.5 Å². The van der Waals surface area contributed by atoms with Crippen LogP contribution in [-0.4, -0.2) is 61.6 Å². The first kappa shape index (κ1) is 17.4. The normalized spacial score (nSPS) is 26.8.